The van der Waals surface area contributed by atoms with Crippen molar-refractivity contribution in [2.75, 3.05) is 6.54 Å². The average molecular weight is 933 g/mol. The molecule has 0 aromatic heterocycles. The number of amides is 9. The minimum atomic E-state index is -1.88. The Hall–Kier alpha value is -7.92. The smallest absolute Gasteiger partial charge is 0.325 e. The SMILES string of the molecule is C[C@H](NC(=O)[C@H](Cc1ccc(O)cc1)NC(=O)[C@H](CC(N)=O)NC(=O)[C@H](CC(N)=O)NC(=O)[C@H](Cc1ccccc1)NC(=O)[C@@H](NC(=O)[C@H](Cc1ccccc1)NC(=O)CN)[C@@H](C)O)C(=O)O. The van der Waals surface area contributed by atoms with Gasteiger partial charge in [0, 0.05) is 19.3 Å². The van der Waals surface area contributed by atoms with Crippen molar-refractivity contribution in [2.24, 2.45) is 17.2 Å². The van der Waals surface area contributed by atoms with E-state index >= 15 is 0 Å². The van der Waals surface area contributed by atoms with E-state index in [4.69, 9.17) is 17.2 Å². The molecule has 0 fully saturated rings. The average Bonchev–Trinajstić information content (AvgIpc) is 3.27. The zero-order valence-corrected chi connectivity index (χ0v) is 36.6. The number of nitrogens with one attached hydrogen (secondary N) is 7. The number of carbonyl (C=O) groups is 10. The number of hydrogen-bond acceptors (Lipinski definition) is 13. The van der Waals surface area contributed by atoms with Crippen LogP contribution in [0.4, 0.5) is 0 Å². The molecular formula is C44H56N10O13. The van der Waals surface area contributed by atoms with Gasteiger partial charge in [-0.25, -0.2) is 0 Å². The number of rotatable bonds is 26. The predicted molar refractivity (Wildman–Crippen MR) is 237 cm³/mol. The molecule has 23 nitrogen and oxygen atoms in total. The number of carbonyl (C=O) groups excluding carboxylic acids is 9. The number of aromatic hydroxyl groups is 1. The molecule has 0 saturated carbocycles. The first-order chi connectivity index (χ1) is 31.7. The minimum absolute atomic E-state index is 0.0291. The summed E-state index contributed by atoms with van der Waals surface area (Å²) >= 11 is 0. The van der Waals surface area contributed by atoms with Gasteiger partial charge in [-0.05, 0) is 42.7 Å². The molecule has 23 heteroatoms. The molecule has 0 spiro atoms. The monoisotopic (exact) mass is 932 g/mol. The maximum atomic E-state index is 14.1. The number of nitrogens with two attached hydrogens (primary N) is 3. The van der Waals surface area contributed by atoms with Crippen LogP contribution in [0.1, 0.15) is 43.4 Å². The van der Waals surface area contributed by atoms with Crippen molar-refractivity contribution in [3.63, 3.8) is 0 Å². The Bertz CT molecular complexity index is 2230. The van der Waals surface area contributed by atoms with Crippen LogP contribution in [0.3, 0.4) is 0 Å². The molecule has 3 aromatic carbocycles. The second kappa shape index (κ2) is 26.1. The summed E-state index contributed by atoms with van der Waals surface area (Å²) in [5.41, 5.74) is 17.8. The van der Waals surface area contributed by atoms with Crippen molar-refractivity contribution in [2.45, 2.75) is 94.3 Å². The summed E-state index contributed by atoms with van der Waals surface area (Å²) in [6.45, 7) is 1.89. The van der Waals surface area contributed by atoms with E-state index in [0.717, 1.165) is 6.92 Å². The Morgan fingerprint density at radius 3 is 1.25 bits per heavy atom. The molecule has 0 saturated heterocycles. The molecule has 0 aliphatic heterocycles. The number of benzene rings is 3. The second-order valence-corrected chi connectivity index (χ2v) is 15.5. The van der Waals surface area contributed by atoms with E-state index in [1.165, 1.54) is 31.2 Å². The fourth-order valence-electron chi connectivity index (χ4n) is 6.38. The molecule has 0 bridgehead atoms. The highest BCUT2D eigenvalue weighted by Gasteiger charge is 2.36. The molecule has 360 valence electrons. The largest absolute Gasteiger partial charge is 0.508 e. The molecule has 3 aromatic rings. The minimum Gasteiger partial charge on any atom is -0.508 e. The van der Waals surface area contributed by atoms with E-state index in [1.807, 2.05) is 0 Å². The normalized spacial score (nSPS) is 14.4. The van der Waals surface area contributed by atoms with E-state index in [-0.39, 0.29) is 25.0 Å². The first-order valence-corrected chi connectivity index (χ1v) is 20.8. The lowest BCUT2D eigenvalue weighted by atomic mass is 10.0. The fourth-order valence-corrected chi connectivity index (χ4v) is 6.38. The molecule has 0 radical (unpaired) electrons. The number of aliphatic hydroxyl groups is 1. The van der Waals surface area contributed by atoms with Crippen molar-refractivity contribution in [3.05, 3.63) is 102 Å². The summed E-state index contributed by atoms with van der Waals surface area (Å²) < 4.78 is 0. The van der Waals surface area contributed by atoms with Crippen LogP contribution in [0.5, 0.6) is 5.75 Å². The highest BCUT2D eigenvalue weighted by Crippen LogP contribution is 2.13. The van der Waals surface area contributed by atoms with Crippen LogP contribution in [0.25, 0.3) is 0 Å². The van der Waals surface area contributed by atoms with Crippen LogP contribution in [0.2, 0.25) is 0 Å². The summed E-state index contributed by atoms with van der Waals surface area (Å²) in [7, 11) is 0. The molecule has 3 rings (SSSR count). The van der Waals surface area contributed by atoms with E-state index in [0.29, 0.717) is 16.7 Å². The molecule has 8 atom stereocenters. The maximum Gasteiger partial charge on any atom is 0.325 e. The summed E-state index contributed by atoms with van der Waals surface area (Å²) in [5.74, 6) is -10.9. The fraction of sp³-hybridized carbons (Fsp3) is 0.364. The van der Waals surface area contributed by atoms with Gasteiger partial charge in [0.25, 0.3) is 0 Å². The first-order valence-electron chi connectivity index (χ1n) is 20.8. The Morgan fingerprint density at radius 1 is 0.493 bits per heavy atom. The summed E-state index contributed by atoms with van der Waals surface area (Å²) in [5, 5.41) is 46.2. The number of aliphatic hydroxyl groups excluding tert-OH is 1. The molecule has 0 heterocycles. The van der Waals surface area contributed by atoms with Gasteiger partial charge in [-0.3, -0.25) is 47.9 Å². The van der Waals surface area contributed by atoms with Crippen LogP contribution in [0.15, 0.2) is 84.9 Å². The topological polar surface area (TPSA) is 394 Å². The second-order valence-electron chi connectivity index (χ2n) is 15.5. The quantitative estimate of drug-likeness (QED) is 0.0365. The number of carboxylic acid groups (broad SMARTS) is 1. The summed E-state index contributed by atoms with van der Waals surface area (Å²) in [6.07, 6.45) is -3.91. The lowest BCUT2D eigenvalue weighted by molar-refractivity contribution is -0.142. The van der Waals surface area contributed by atoms with E-state index in [9.17, 15) is 63.3 Å². The van der Waals surface area contributed by atoms with E-state index in [2.05, 4.69) is 37.2 Å². The lowest BCUT2D eigenvalue weighted by Crippen LogP contribution is -2.62. The Balaban J connectivity index is 1.90. The van der Waals surface area contributed by atoms with Gasteiger partial charge in [0.1, 0.15) is 48.0 Å². The zero-order chi connectivity index (χ0) is 49.8. The van der Waals surface area contributed by atoms with E-state index in [1.54, 1.807) is 60.7 Å². The highest BCUT2D eigenvalue weighted by molar-refractivity contribution is 5.99. The Kier molecular flexibility index (Phi) is 20.8. The number of aliphatic carboxylic acids is 1. The summed E-state index contributed by atoms with van der Waals surface area (Å²) in [4.78, 5) is 131. The Morgan fingerprint density at radius 2 is 0.851 bits per heavy atom. The number of hydrogen-bond donors (Lipinski definition) is 13. The zero-order valence-electron chi connectivity index (χ0n) is 36.6. The van der Waals surface area contributed by atoms with Gasteiger partial charge in [0.05, 0.1) is 25.5 Å². The van der Waals surface area contributed by atoms with Gasteiger partial charge in [-0.15, -0.1) is 0 Å². The van der Waals surface area contributed by atoms with Gasteiger partial charge in [0.2, 0.25) is 53.2 Å². The molecular weight excluding hydrogens is 877 g/mol. The number of phenols is 1. The first kappa shape index (κ1) is 53.4. The van der Waals surface area contributed by atoms with Crippen molar-refractivity contribution in [1.82, 2.24) is 37.2 Å². The standard InChI is InChI=1S/C44H56N10O13/c1-23(44(66)67)48-38(60)30(19-27-13-15-28(56)16-14-27)50-40(62)32(20-34(46)57)52-41(63)33(21-35(47)58)51-39(61)31(18-26-11-7-4-8-12-26)53-43(65)37(24(2)55)54-42(64)29(49-36(59)22-45)17-25-9-5-3-6-10-25/h3-16,23-24,29-33,37,55-56H,17-22,45H2,1-2H3,(H2,46,57)(H2,47,58)(H,48,60)(H,49,59)(H,50,62)(H,51,61)(H,52,63)(H,53,65)(H,54,64)(H,66,67)/t23-,24+,29-,30-,31-,32-,33-,37-/m0/s1. The van der Waals surface area contributed by atoms with Gasteiger partial charge in [-0.2, -0.15) is 0 Å². The van der Waals surface area contributed by atoms with Crippen molar-refractivity contribution in [1.29, 1.82) is 0 Å². The number of phenolic OH excluding ortho intramolecular Hbond substituents is 1. The number of carboxylic acids is 1. The van der Waals surface area contributed by atoms with Gasteiger partial charge in [0.15, 0.2) is 0 Å². The Labute approximate surface area is 384 Å². The maximum absolute atomic E-state index is 14.1. The van der Waals surface area contributed by atoms with Gasteiger partial charge >= 0.3 is 5.97 Å². The predicted octanol–water partition coefficient (Wildman–Crippen LogP) is -3.99. The van der Waals surface area contributed by atoms with E-state index < -0.39 is 127 Å². The van der Waals surface area contributed by atoms with Crippen LogP contribution >= 0.6 is 0 Å². The number of primary amides is 2. The molecule has 67 heavy (non-hydrogen) atoms. The van der Waals surface area contributed by atoms with Crippen molar-refractivity contribution in [3.8, 4) is 5.75 Å². The van der Waals surface area contributed by atoms with Crippen LogP contribution < -0.4 is 54.4 Å². The third-order valence-electron chi connectivity index (χ3n) is 9.91. The third-order valence-corrected chi connectivity index (χ3v) is 9.91. The highest BCUT2D eigenvalue weighted by atomic mass is 16.4. The van der Waals surface area contributed by atoms with Gasteiger partial charge < -0.3 is 69.7 Å². The molecule has 16 N–H and O–H groups in total. The van der Waals surface area contributed by atoms with Crippen molar-refractivity contribution >= 4 is 59.1 Å². The lowest BCUT2D eigenvalue weighted by Gasteiger charge is -2.28. The molecule has 9 amide bonds. The van der Waals surface area contributed by atoms with Gasteiger partial charge in [-0.1, -0.05) is 72.8 Å². The van der Waals surface area contributed by atoms with Crippen LogP contribution in [-0.4, -0.2) is 129 Å². The van der Waals surface area contributed by atoms with Crippen LogP contribution in [-0.2, 0) is 67.2 Å². The molecule has 0 unspecified atom stereocenters. The summed E-state index contributed by atoms with van der Waals surface area (Å²) in [6, 6.07) is 10.9. The molecule has 0 aliphatic rings. The van der Waals surface area contributed by atoms with Crippen molar-refractivity contribution < 1.29 is 63.3 Å². The molecule has 0 aliphatic carbocycles. The third kappa shape index (κ3) is 18.2. The van der Waals surface area contributed by atoms with Crippen LogP contribution in [0, 0.1) is 0 Å².